The van der Waals surface area contributed by atoms with Gasteiger partial charge in [-0.2, -0.15) is 5.10 Å². The first kappa shape index (κ1) is 15.8. The number of hydrogen-bond acceptors (Lipinski definition) is 6. The van der Waals surface area contributed by atoms with E-state index in [-0.39, 0.29) is 6.10 Å². The van der Waals surface area contributed by atoms with Crippen molar-refractivity contribution in [2.45, 2.75) is 51.4 Å². The summed E-state index contributed by atoms with van der Waals surface area (Å²) in [6.45, 7) is 6.08. The lowest BCUT2D eigenvalue weighted by atomic mass is 10.1. The fourth-order valence-corrected chi connectivity index (χ4v) is 4.93. The van der Waals surface area contributed by atoms with Crippen LogP contribution in [-0.2, 0) is 19.6 Å². The van der Waals surface area contributed by atoms with Gasteiger partial charge < -0.3 is 10.0 Å². The van der Waals surface area contributed by atoms with Crippen LogP contribution >= 0.6 is 11.3 Å². The van der Waals surface area contributed by atoms with Gasteiger partial charge in [-0.25, -0.2) is 4.98 Å². The average molecular weight is 359 g/mol. The summed E-state index contributed by atoms with van der Waals surface area (Å²) in [5, 5.41) is 16.1. The number of thiazole rings is 1. The van der Waals surface area contributed by atoms with Crippen LogP contribution in [0.3, 0.4) is 0 Å². The third kappa shape index (κ3) is 3.20. The molecule has 0 bridgehead atoms. The Kier molecular flexibility index (Phi) is 4.03. The fraction of sp³-hybridized carbons (Fsp3) is 0.667. The Morgan fingerprint density at radius 2 is 2.04 bits per heavy atom. The molecule has 0 amide bonds. The molecule has 25 heavy (non-hydrogen) atoms. The zero-order valence-corrected chi connectivity index (χ0v) is 15.3. The third-order valence-corrected chi connectivity index (χ3v) is 6.61. The molecule has 1 saturated heterocycles. The molecule has 1 aliphatic carbocycles. The largest absolute Gasteiger partial charge is 0.386 e. The summed E-state index contributed by atoms with van der Waals surface area (Å²) in [6.07, 6.45) is 6.55. The van der Waals surface area contributed by atoms with Crippen LogP contribution in [0, 0.1) is 5.92 Å². The molecule has 0 aromatic carbocycles. The van der Waals surface area contributed by atoms with E-state index in [1.807, 2.05) is 17.5 Å². The van der Waals surface area contributed by atoms with Gasteiger partial charge in [0.25, 0.3) is 0 Å². The number of rotatable bonds is 5. The number of aromatic nitrogens is 3. The first-order valence-electron chi connectivity index (χ1n) is 9.43. The maximum absolute atomic E-state index is 10.3. The summed E-state index contributed by atoms with van der Waals surface area (Å²) in [5.41, 5.74) is 2.10. The minimum atomic E-state index is -0.365. The second-order valence-electron chi connectivity index (χ2n) is 7.58. The molecule has 2 aromatic rings. The monoisotopic (exact) mass is 359 g/mol. The van der Waals surface area contributed by atoms with Crippen LogP contribution in [0.5, 0.6) is 0 Å². The molecule has 0 spiro atoms. The lowest BCUT2D eigenvalue weighted by Gasteiger charge is -2.26. The number of nitrogens with zero attached hydrogens (tertiary/aromatic N) is 5. The van der Waals surface area contributed by atoms with E-state index in [1.165, 1.54) is 28.5 Å². The van der Waals surface area contributed by atoms with Gasteiger partial charge in [-0.1, -0.05) is 0 Å². The van der Waals surface area contributed by atoms with Crippen LogP contribution in [0.1, 0.15) is 48.1 Å². The summed E-state index contributed by atoms with van der Waals surface area (Å²) < 4.78 is 2.08. The van der Waals surface area contributed by atoms with Crippen molar-refractivity contribution in [3.05, 3.63) is 28.5 Å². The van der Waals surface area contributed by atoms with Crippen molar-refractivity contribution in [1.29, 1.82) is 0 Å². The topological polar surface area (TPSA) is 57.4 Å². The van der Waals surface area contributed by atoms with Crippen molar-refractivity contribution >= 4 is 16.5 Å². The van der Waals surface area contributed by atoms with Crippen LogP contribution in [0.15, 0.2) is 12.3 Å². The molecule has 7 heteroatoms. The average Bonchev–Trinajstić information content (AvgIpc) is 3.04. The summed E-state index contributed by atoms with van der Waals surface area (Å²) in [5.74, 6) is 0.439. The quantitative estimate of drug-likeness (QED) is 0.888. The van der Waals surface area contributed by atoms with Crippen molar-refractivity contribution in [3.63, 3.8) is 0 Å². The molecule has 2 aliphatic heterocycles. The Morgan fingerprint density at radius 1 is 1.20 bits per heavy atom. The highest BCUT2D eigenvalue weighted by Crippen LogP contribution is 2.40. The molecule has 3 aliphatic rings. The summed E-state index contributed by atoms with van der Waals surface area (Å²) in [4.78, 5) is 10.8. The van der Waals surface area contributed by atoms with Crippen LogP contribution in [0.2, 0.25) is 0 Å². The van der Waals surface area contributed by atoms with E-state index >= 15 is 0 Å². The molecular weight excluding hydrogens is 334 g/mol. The first-order chi connectivity index (χ1) is 12.3. The molecule has 134 valence electrons. The lowest BCUT2D eigenvalue weighted by molar-refractivity contribution is 0.147. The van der Waals surface area contributed by atoms with E-state index in [0.717, 1.165) is 57.8 Å². The summed E-state index contributed by atoms with van der Waals surface area (Å²) >= 11 is 1.84. The highest BCUT2D eigenvalue weighted by molar-refractivity contribution is 7.15. The highest BCUT2D eigenvalue weighted by Gasteiger charge is 2.33. The smallest absolute Gasteiger partial charge is 0.185 e. The maximum atomic E-state index is 10.3. The number of aliphatic hydroxyl groups excluding tert-OH is 1. The zero-order chi connectivity index (χ0) is 16.8. The third-order valence-electron chi connectivity index (χ3n) is 5.56. The van der Waals surface area contributed by atoms with Crippen molar-refractivity contribution in [2.24, 2.45) is 5.92 Å². The van der Waals surface area contributed by atoms with Gasteiger partial charge in [0.2, 0.25) is 0 Å². The van der Waals surface area contributed by atoms with Gasteiger partial charge in [-0.05, 0) is 37.7 Å². The highest BCUT2D eigenvalue weighted by atomic mass is 32.1. The second kappa shape index (κ2) is 6.37. The van der Waals surface area contributed by atoms with E-state index in [9.17, 15) is 5.11 Å². The van der Waals surface area contributed by atoms with Gasteiger partial charge in [-0.3, -0.25) is 9.58 Å². The van der Waals surface area contributed by atoms with E-state index in [4.69, 9.17) is 0 Å². The maximum Gasteiger partial charge on any atom is 0.185 e. The molecule has 2 fully saturated rings. The zero-order valence-electron chi connectivity index (χ0n) is 14.5. The van der Waals surface area contributed by atoms with Crippen molar-refractivity contribution < 1.29 is 5.11 Å². The molecule has 1 saturated carbocycles. The number of fused-ring (bicyclic) bond motifs is 1. The van der Waals surface area contributed by atoms with Crippen LogP contribution < -0.4 is 4.90 Å². The summed E-state index contributed by atoms with van der Waals surface area (Å²) in [7, 11) is 0. The SMILES string of the molecule is OC(c1cc2n(n1)CCN(Cc1cnc(N3CCCC3)s1)C2)C1CC1. The van der Waals surface area contributed by atoms with Crippen LogP contribution in [0.25, 0.3) is 0 Å². The minimum absolute atomic E-state index is 0.365. The molecule has 5 rings (SSSR count). The molecule has 0 radical (unpaired) electrons. The molecular formula is C18H25N5OS. The van der Waals surface area contributed by atoms with E-state index in [1.54, 1.807) is 0 Å². The van der Waals surface area contributed by atoms with E-state index in [2.05, 4.69) is 30.6 Å². The van der Waals surface area contributed by atoms with Crippen molar-refractivity contribution in [3.8, 4) is 0 Å². The standard InChI is InChI=1S/C18H25N5OS/c24-17(13-3-4-13)16-9-14-11-21(7-8-23(14)20-16)12-15-10-19-18(25-15)22-5-1-2-6-22/h9-10,13,17,24H,1-8,11-12H2. The van der Waals surface area contributed by atoms with Gasteiger partial charge in [0.05, 0.1) is 17.9 Å². The second-order valence-corrected chi connectivity index (χ2v) is 8.67. The number of anilines is 1. The Morgan fingerprint density at radius 3 is 2.84 bits per heavy atom. The van der Waals surface area contributed by atoms with Crippen LogP contribution in [0.4, 0.5) is 5.13 Å². The number of hydrogen-bond donors (Lipinski definition) is 1. The number of aliphatic hydroxyl groups is 1. The van der Waals surface area contributed by atoms with Gasteiger partial charge in [-0.15, -0.1) is 11.3 Å². The lowest BCUT2D eigenvalue weighted by Crippen LogP contribution is -2.33. The Hall–Kier alpha value is -1.44. The Balaban J connectivity index is 1.24. The van der Waals surface area contributed by atoms with E-state index < -0.39 is 0 Å². The summed E-state index contributed by atoms with van der Waals surface area (Å²) in [6, 6.07) is 2.11. The predicted molar refractivity (Wildman–Crippen MR) is 97.6 cm³/mol. The van der Waals surface area contributed by atoms with Crippen molar-refractivity contribution in [2.75, 3.05) is 24.5 Å². The van der Waals surface area contributed by atoms with Gasteiger partial charge >= 0.3 is 0 Å². The molecule has 2 aromatic heterocycles. The van der Waals surface area contributed by atoms with E-state index in [0.29, 0.717) is 5.92 Å². The Bertz CT molecular complexity index is 746. The van der Waals surface area contributed by atoms with Crippen molar-refractivity contribution in [1.82, 2.24) is 19.7 Å². The van der Waals surface area contributed by atoms with Gasteiger partial charge in [0, 0.05) is 43.8 Å². The normalized spacial score (nSPS) is 22.4. The molecule has 6 nitrogen and oxygen atoms in total. The molecule has 1 N–H and O–H groups in total. The minimum Gasteiger partial charge on any atom is -0.386 e. The van der Waals surface area contributed by atoms with Crippen LogP contribution in [-0.4, -0.2) is 44.4 Å². The first-order valence-corrected chi connectivity index (χ1v) is 10.2. The Labute approximate surface area is 152 Å². The molecule has 4 heterocycles. The van der Waals surface area contributed by atoms with Gasteiger partial charge in [0.1, 0.15) is 6.10 Å². The fourth-order valence-electron chi connectivity index (χ4n) is 3.92. The molecule has 1 atom stereocenters. The molecule has 1 unspecified atom stereocenters. The van der Waals surface area contributed by atoms with Gasteiger partial charge in [0.15, 0.2) is 5.13 Å². The predicted octanol–water partition coefficient (Wildman–Crippen LogP) is 2.40.